The molecule has 0 aliphatic heterocycles. The molecule has 0 radical (unpaired) electrons. The first-order valence-electron chi connectivity index (χ1n) is 9.64. The van der Waals surface area contributed by atoms with Gasteiger partial charge in [-0.1, -0.05) is 41.6 Å². The monoisotopic (exact) mass is 407 g/mol. The molecule has 3 aromatic carbocycles. The van der Waals surface area contributed by atoms with E-state index in [-0.39, 0.29) is 0 Å². The van der Waals surface area contributed by atoms with Crippen LogP contribution in [0.1, 0.15) is 23.6 Å². The number of hydrogen-bond donors (Lipinski definition) is 1. The standard InChI is InChI=1S/C24H25NO5/c1-3-28-24-13-19(15-25-26)9-11-22(24)30-17-20-10-12-21(23(14-20)27-2)29-16-18-7-5-4-6-8-18/h4-15,26H,3,16-17H2,1-2H3. The molecule has 1 N–H and O–H groups in total. The summed E-state index contributed by atoms with van der Waals surface area (Å²) in [6.07, 6.45) is 1.34. The highest BCUT2D eigenvalue weighted by Gasteiger charge is 2.10. The van der Waals surface area contributed by atoms with Crippen LogP contribution in [0.2, 0.25) is 0 Å². The first-order chi connectivity index (χ1) is 14.7. The van der Waals surface area contributed by atoms with E-state index in [0.29, 0.717) is 42.8 Å². The summed E-state index contributed by atoms with van der Waals surface area (Å²) in [5.74, 6) is 2.51. The lowest BCUT2D eigenvalue weighted by Gasteiger charge is -2.14. The normalized spacial score (nSPS) is 10.7. The Balaban J connectivity index is 1.68. The summed E-state index contributed by atoms with van der Waals surface area (Å²) >= 11 is 0. The van der Waals surface area contributed by atoms with E-state index < -0.39 is 0 Å². The highest BCUT2D eigenvalue weighted by atomic mass is 16.5. The molecule has 0 saturated heterocycles. The molecule has 0 spiro atoms. The van der Waals surface area contributed by atoms with Crippen LogP contribution >= 0.6 is 0 Å². The van der Waals surface area contributed by atoms with Crippen LogP contribution in [-0.4, -0.2) is 25.1 Å². The molecule has 0 saturated carbocycles. The smallest absolute Gasteiger partial charge is 0.161 e. The maximum Gasteiger partial charge on any atom is 0.161 e. The van der Waals surface area contributed by atoms with Crippen LogP contribution in [0.4, 0.5) is 0 Å². The summed E-state index contributed by atoms with van der Waals surface area (Å²) in [7, 11) is 1.62. The Labute approximate surface area is 176 Å². The predicted molar refractivity (Wildman–Crippen MR) is 115 cm³/mol. The Kier molecular flexibility index (Phi) is 7.55. The third-order valence-corrected chi connectivity index (χ3v) is 4.33. The van der Waals surface area contributed by atoms with Gasteiger partial charge < -0.3 is 24.2 Å². The number of oxime groups is 1. The Morgan fingerprint density at radius 2 is 1.47 bits per heavy atom. The van der Waals surface area contributed by atoms with E-state index in [1.54, 1.807) is 25.3 Å². The second-order valence-electron chi connectivity index (χ2n) is 6.43. The summed E-state index contributed by atoms with van der Waals surface area (Å²) in [6.45, 7) is 3.20. The van der Waals surface area contributed by atoms with Crippen LogP contribution in [0, 0.1) is 0 Å². The highest BCUT2D eigenvalue weighted by Crippen LogP contribution is 2.31. The molecule has 0 atom stereocenters. The molecular formula is C24H25NO5. The zero-order valence-electron chi connectivity index (χ0n) is 17.1. The van der Waals surface area contributed by atoms with Crippen molar-refractivity contribution in [3.63, 3.8) is 0 Å². The van der Waals surface area contributed by atoms with E-state index in [0.717, 1.165) is 16.7 Å². The van der Waals surface area contributed by atoms with Gasteiger partial charge in [0, 0.05) is 5.56 Å². The SMILES string of the molecule is CCOc1cc(C=NO)ccc1OCc1ccc(OCc2ccccc2)c(OC)c1. The second kappa shape index (κ2) is 10.8. The molecule has 6 heteroatoms. The maximum absolute atomic E-state index is 8.71. The number of methoxy groups -OCH3 is 1. The number of nitrogens with zero attached hydrogens (tertiary/aromatic N) is 1. The van der Waals surface area contributed by atoms with E-state index in [2.05, 4.69) is 5.16 Å². The van der Waals surface area contributed by atoms with Crippen molar-refractivity contribution in [2.75, 3.05) is 13.7 Å². The molecule has 156 valence electrons. The van der Waals surface area contributed by atoms with Gasteiger partial charge in [-0.05, 0) is 48.4 Å². The lowest BCUT2D eigenvalue weighted by atomic mass is 10.2. The minimum atomic E-state index is 0.336. The van der Waals surface area contributed by atoms with Crippen LogP contribution in [0.15, 0.2) is 71.9 Å². The molecule has 0 heterocycles. The average Bonchev–Trinajstić information content (AvgIpc) is 2.78. The van der Waals surface area contributed by atoms with Crippen molar-refractivity contribution in [3.8, 4) is 23.0 Å². The van der Waals surface area contributed by atoms with E-state index in [9.17, 15) is 0 Å². The summed E-state index contributed by atoms with van der Waals surface area (Å²) in [6, 6.07) is 21.0. The summed E-state index contributed by atoms with van der Waals surface area (Å²) in [5.41, 5.74) is 2.74. The molecule has 0 unspecified atom stereocenters. The van der Waals surface area contributed by atoms with Crippen LogP contribution in [0.5, 0.6) is 23.0 Å². The molecule has 0 amide bonds. The van der Waals surface area contributed by atoms with Crippen molar-refractivity contribution in [3.05, 3.63) is 83.4 Å². The van der Waals surface area contributed by atoms with Crippen molar-refractivity contribution in [2.24, 2.45) is 5.16 Å². The Morgan fingerprint density at radius 3 is 2.17 bits per heavy atom. The molecule has 6 nitrogen and oxygen atoms in total. The fourth-order valence-corrected chi connectivity index (χ4v) is 2.88. The minimum absolute atomic E-state index is 0.336. The first kappa shape index (κ1) is 21.0. The topological polar surface area (TPSA) is 69.5 Å². The van der Waals surface area contributed by atoms with Crippen molar-refractivity contribution in [1.29, 1.82) is 0 Å². The lowest BCUT2D eigenvalue weighted by molar-refractivity contribution is 0.266. The van der Waals surface area contributed by atoms with Gasteiger partial charge in [0.25, 0.3) is 0 Å². The van der Waals surface area contributed by atoms with E-state index in [1.165, 1.54) is 6.21 Å². The Bertz CT molecular complexity index is 973. The molecule has 0 aliphatic carbocycles. The summed E-state index contributed by atoms with van der Waals surface area (Å²) in [5, 5.41) is 11.8. The zero-order valence-corrected chi connectivity index (χ0v) is 17.1. The fraction of sp³-hybridized carbons (Fsp3) is 0.208. The van der Waals surface area contributed by atoms with Gasteiger partial charge in [-0.15, -0.1) is 0 Å². The van der Waals surface area contributed by atoms with Gasteiger partial charge >= 0.3 is 0 Å². The largest absolute Gasteiger partial charge is 0.493 e. The Morgan fingerprint density at radius 1 is 0.767 bits per heavy atom. The number of hydrogen-bond acceptors (Lipinski definition) is 6. The van der Waals surface area contributed by atoms with E-state index >= 15 is 0 Å². The third-order valence-electron chi connectivity index (χ3n) is 4.33. The molecule has 30 heavy (non-hydrogen) atoms. The molecule has 3 aromatic rings. The molecule has 3 rings (SSSR count). The predicted octanol–water partition coefficient (Wildman–Crippen LogP) is 5.06. The molecular weight excluding hydrogens is 382 g/mol. The molecule has 0 bridgehead atoms. The fourth-order valence-electron chi connectivity index (χ4n) is 2.88. The third kappa shape index (κ3) is 5.67. The second-order valence-corrected chi connectivity index (χ2v) is 6.43. The van der Waals surface area contributed by atoms with Crippen molar-refractivity contribution in [2.45, 2.75) is 20.1 Å². The van der Waals surface area contributed by atoms with Gasteiger partial charge in [0.15, 0.2) is 23.0 Å². The van der Waals surface area contributed by atoms with Gasteiger partial charge in [-0.3, -0.25) is 0 Å². The van der Waals surface area contributed by atoms with Crippen LogP contribution in [0.25, 0.3) is 0 Å². The summed E-state index contributed by atoms with van der Waals surface area (Å²) < 4.78 is 23.0. The van der Waals surface area contributed by atoms with Gasteiger partial charge in [0.1, 0.15) is 13.2 Å². The summed E-state index contributed by atoms with van der Waals surface area (Å²) in [4.78, 5) is 0. The van der Waals surface area contributed by atoms with E-state index in [4.69, 9.17) is 24.2 Å². The molecule has 0 aromatic heterocycles. The number of ether oxygens (including phenoxy) is 4. The van der Waals surface area contributed by atoms with Crippen LogP contribution < -0.4 is 18.9 Å². The van der Waals surface area contributed by atoms with Gasteiger partial charge in [0.2, 0.25) is 0 Å². The zero-order chi connectivity index (χ0) is 21.2. The average molecular weight is 407 g/mol. The molecule has 0 fully saturated rings. The van der Waals surface area contributed by atoms with Gasteiger partial charge in [-0.2, -0.15) is 0 Å². The van der Waals surface area contributed by atoms with Crippen molar-refractivity contribution < 1.29 is 24.2 Å². The van der Waals surface area contributed by atoms with Crippen LogP contribution in [-0.2, 0) is 13.2 Å². The maximum atomic E-state index is 8.71. The van der Waals surface area contributed by atoms with Crippen molar-refractivity contribution in [1.82, 2.24) is 0 Å². The highest BCUT2D eigenvalue weighted by molar-refractivity contribution is 5.80. The lowest BCUT2D eigenvalue weighted by Crippen LogP contribution is -2.02. The van der Waals surface area contributed by atoms with Gasteiger partial charge in [0.05, 0.1) is 19.9 Å². The Hall–Kier alpha value is -3.67. The van der Waals surface area contributed by atoms with Crippen LogP contribution in [0.3, 0.4) is 0 Å². The first-order valence-corrected chi connectivity index (χ1v) is 9.64. The quantitative estimate of drug-likeness (QED) is 0.289. The van der Waals surface area contributed by atoms with E-state index in [1.807, 2.05) is 55.5 Å². The van der Waals surface area contributed by atoms with Gasteiger partial charge in [-0.25, -0.2) is 0 Å². The number of rotatable bonds is 10. The minimum Gasteiger partial charge on any atom is -0.493 e. The molecule has 0 aliphatic rings. The van der Waals surface area contributed by atoms with Crippen molar-refractivity contribution >= 4 is 6.21 Å². The number of benzene rings is 3.